The second kappa shape index (κ2) is 7.33. The first-order valence-corrected chi connectivity index (χ1v) is 10.4. The molecule has 9 heteroatoms. The summed E-state index contributed by atoms with van der Waals surface area (Å²) < 4.78 is 7.03. The zero-order valence-corrected chi connectivity index (χ0v) is 17.8. The van der Waals surface area contributed by atoms with E-state index in [1.54, 1.807) is 13.0 Å². The maximum atomic E-state index is 12.5. The van der Waals surface area contributed by atoms with Gasteiger partial charge in [-0.2, -0.15) is 0 Å². The first-order valence-electron chi connectivity index (χ1n) is 10.4. The van der Waals surface area contributed by atoms with Crippen LogP contribution in [0.3, 0.4) is 0 Å². The van der Waals surface area contributed by atoms with Crippen molar-refractivity contribution >= 4 is 34.5 Å². The van der Waals surface area contributed by atoms with Crippen LogP contribution in [0.15, 0.2) is 30.3 Å². The molecular weight excluding hydrogens is 396 g/mol. The summed E-state index contributed by atoms with van der Waals surface area (Å²) in [6.07, 6.45) is 0.735. The lowest BCUT2D eigenvalue weighted by Gasteiger charge is -2.40. The minimum absolute atomic E-state index is 0.124. The van der Waals surface area contributed by atoms with Crippen molar-refractivity contribution in [3.05, 3.63) is 42.0 Å². The molecule has 0 aliphatic carbocycles. The van der Waals surface area contributed by atoms with Crippen molar-refractivity contribution < 1.29 is 14.3 Å². The van der Waals surface area contributed by atoms with E-state index in [4.69, 9.17) is 9.72 Å². The Morgan fingerprint density at radius 2 is 1.87 bits per heavy atom. The van der Waals surface area contributed by atoms with Gasteiger partial charge in [-0.3, -0.25) is 9.69 Å². The number of aromatic nitrogens is 4. The SMILES string of the molecule is COC(=O)C1CCC(=O)N1c1cc(N2CC(c3nc4ccccc4n3C)C2)nc(C)n1. The number of ether oxygens (including phenoxy) is 1. The summed E-state index contributed by atoms with van der Waals surface area (Å²) in [5.41, 5.74) is 2.12. The molecule has 5 rings (SSSR count). The monoisotopic (exact) mass is 420 g/mol. The molecule has 0 N–H and O–H groups in total. The third-order valence-corrected chi connectivity index (χ3v) is 6.14. The molecule has 2 saturated heterocycles. The highest BCUT2D eigenvalue weighted by Crippen LogP contribution is 2.34. The average molecular weight is 420 g/mol. The average Bonchev–Trinajstić information content (AvgIpc) is 3.27. The number of anilines is 2. The van der Waals surface area contributed by atoms with Gasteiger partial charge < -0.3 is 14.2 Å². The van der Waals surface area contributed by atoms with E-state index in [2.05, 4.69) is 25.5 Å². The van der Waals surface area contributed by atoms with Crippen LogP contribution < -0.4 is 9.80 Å². The molecule has 1 aromatic carbocycles. The van der Waals surface area contributed by atoms with E-state index in [0.29, 0.717) is 30.4 Å². The smallest absolute Gasteiger partial charge is 0.329 e. The largest absolute Gasteiger partial charge is 0.467 e. The molecule has 2 aromatic heterocycles. The Labute approximate surface area is 179 Å². The van der Waals surface area contributed by atoms with Gasteiger partial charge in [0.05, 0.1) is 24.1 Å². The van der Waals surface area contributed by atoms with Gasteiger partial charge in [0.15, 0.2) is 0 Å². The number of carbonyl (C=O) groups is 2. The van der Waals surface area contributed by atoms with Crippen molar-refractivity contribution in [3.8, 4) is 0 Å². The van der Waals surface area contributed by atoms with Crippen molar-refractivity contribution in [1.82, 2.24) is 19.5 Å². The van der Waals surface area contributed by atoms with E-state index in [1.165, 1.54) is 12.0 Å². The van der Waals surface area contributed by atoms with Gasteiger partial charge in [-0.05, 0) is 25.5 Å². The molecule has 2 aliphatic rings. The number of rotatable bonds is 4. The highest BCUT2D eigenvalue weighted by molar-refractivity contribution is 6.02. The summed E-state index contributed by atoms with van der Waals surface area (Å²) in [4.78, 5) is 42.0. The van der Waals surface area contributed by atoms with Crippen molar-refractivity contribution in [1.29, 1.82) is 0 Å². The maximum Gasteiger partial charge on any atom is 0.329 e. The molecule has 0 saturated carbocycles. The van der Waals surface area contributed by atoms with Gasteiger partial charge in [0, 0.05) is 32.6 Å². The number of carbonyl (C=O) groups excluding carboxylic acids is 2. The minimum Gasteiger partial charge on any atom is -0.467 e. The molecule has 1 amide bonds. The molecule has 0 bridgehead atoms. The van der Waals surface area contributed by atoms with E-state index < -0.39 is 12.0 Å². The van der Waals surface area contributed by atoms with Crippen LogP contribution in [0.1, 0.15) is 30.4 Å². The Morgan fingerprint density at radius 3 is 2.61 bits per heavy atom. The van der Waals surface area contributed by atoms with E-state index in [1.807, 2.05) is 25.2 Å². The van der Waals surface area contributed by atoms with Crippen molar-refractivity contribution in [2.24, 2.45) is 7.05 Å². The molecule has 0 spiro atoms. The molecule has 0 radical (unpaired) electrons. The van der Waals surface area contributed by atoms with Crippen LogP contribution in [0.25, 0.3) is 11.0 Å². The lowest BCUT2D eigenvalue weighted by atomic mass is 9.99. The number of para-hydroxylation sites is 2. The minimum atomic E-state index is -0.635. The number of fused-ring (bicyclic) bond motifs is 1. The van der Waals surface area contributed by atoms with Gasteiger partial charge in [0.1, 0.15) is 29.3 Å². The molecule has 2 fully saturated rings. The molecular formula is C22H24N6O3. The van der Waals surface area contributed by atoms with Crippen LogP contribution in [0.4, 0.5) is 11.6 Å². The fraction of sp³-hybridized carbons (Fsp3) is 0.409. The standard InChI is InChI=1S/C22H24N6O3/c1-13-23-18(10-19(24-13)28-17(22(30)31-3)8-9-20(28)29)27-11-14(12-27)21-25-15-6-4-5-7-16(15)26(21)2/h4-7,10,14,17H,8-9,11-12H2,1-3H3. The van der Waals surface area contributed by atoms with Crippen LogP contribution in [-0.2, 0) is 21.4 Å². The molecule has 3 aromatic rings. The number of nitrogens with zero attached hydrogens (tertiary/aromatic N) is 6. The topological polar surface area (TPSA) is 93.5 Å². The van der Waals surface area contributed by atoms with Gasteiger partial charge >= 0.3 is 5.97 Å². The van der Waals surface area contributed by atoms with E-state index in [-0.39, 0.29) is 5.91 Å². The first kappa shape index (κ1) is 19.5. The maximum absolute atomic E-state index is 12.5. The molecule has 1 atom stereocenters. The quantitative estimate of drug-likeness (QED) is 0.596. The predicted molar refractivity (Wildman–Crippen MR) is 115 cm³/mol. The number of esters is 1. The van der Waals surface area contributed by atoms with Crippen LogP contribution in [0.5, 0.6) is 0 Å². The molecule has 1 unspecified atom stereocenters. The van der Waals surface area contributed by atoms with Crippen molar-refractivity contribution in [2.75, 3.05) is 30.0 Å². The Hall–Kier alpha value is -3.49. The van der Waals surface area contributed by atoms with Crippen LogP contribution in [-0.4, -0.2) is 57.6 Å². The number of hydrogen-bond donors (Lipinski definition) is 0. The highest BCUT2D eigenvalue weighted by Gasteiger charge is 2.40. The fourth-order valence-corrected chi connectivity index (χ4v) is 4.51. The molecule has 9 nitrogen and oxygen atoms in total. The summed E-state index contributed by atoms with van der Waals surface area (Å²) in [7, 11) is 3.38. The Morgan fingerprint density at radius 1 is 1.13 bits per heavy atom. The number of amides is 1. The zero-order valence-electron chi connectivity index (χ0n) is 17.8. The van der Waals surface area contributed by atoms with E-state index >= 15 is 0 Å². The predicted octanol–water partition coefficient (Wildman–Crippen LogP) is 1.94. The van der Waals surface area contributed by atoms with Gasteiger partial charge in [-0.25, -0.2) is 19.7 Å². The number of methoxy groups -OCH3 is 1. The van der Waals surface area contributed by atoms with Crippen LogP contribution >= 0.6 is 0 Å². The highest BCUT2D eigenvalue weighted by atomic mass is 16.5. The summed E-state index contributed by atoms with van der Waals surface area (Å²) >= 11 is 0. The fourth-order valence-electron chi connectivity index (χ4n) is 4.51. The van der Waals surface area contributed by atoms with Crippen molar-refractivity contribution in [2.45, 2.75) is 31.7 Å². The van der Waals surface area contributed by atoms with E-state index in [0.717, 1.165) is 35.8 Å². The molecule has 2 aliphatic heterocycles. The lowest BCUT2D eigenvalue weighted by molar-refractivity contribution is -0.142. The van der Waals surface area contributed by atoms with E-state index in [9.17, 15) is 9.59 Å². The summed E-state index contributed by atoms with van der Waals surface area (Å²) in [6, 6.07) is 9.28. The number of hydrogen-bond acceptors (Lipinski definition) is 7. The summed E-state index contributed by atoms with van der Waals surface area (Å²) in [5, 5.41) is 0. The number of aryl methyl sites for hydroxylation is 2. The van der Waals surface area contributed by atoms with Gasteiger partial charge in [-0.15, -0.1) is 0 Å². The van der Waals surface area contributed by atoms with Crippen LogP contribution in [0, 0.1) is 6.92 Å². The summed E-state index contributed by atoms with van der Waals surface area (Å²) in [5.74, 6) is 2.57. The number of imidazole rings is 1. The molecule has 160 valence electrons. The third kappa shape index (κ3) is 3.20. The second-order valence-electron chi connectivity index (χ2n) is 8.09. The van der Waals surface area contributed by atoms with Gasteiger partial charge in [0.2, 0.25) is 5.91 Å². The first-order chi connectivity index (χ1) is 15.0. The Bertz CT molecular complexity index is 1180. The normalized spacial score (nSPS) is 19.2. The van der Waals surface area contributed by atoms with Gasteiger partial charge in [0.25, 0.3) is 0 Å². The van der Waals surface area contributed by atoms with Gasteiger partial charge in [-0.1, -0.05) is 12.1 Å². The zero-order chi connectivity index (χ0) is 21.7. The van der Waals surface area contributed by atoms with Crippen molar-refractivity contribution in [3.63, 3.8) is 0 Å². The Kier molecular flexibility index (Phi) is 4.60. The third-order valence-electron chi connectivity index (χ3n) is 6.14. The molecule has 4 heterocycles. The lowest BCUT2D eigenvalue weighted by Crippen LogP contribution is -2.47. The summed E-state index contributed by atoms with van der Waals surface area (Å²) in [6.45, 7) is 3.35. The molecule has 31 heavy (non-hydrogen) atoms. The van der Waals surface area contributed by atoms with Crippen LogP contribution in [0.2, 0.25) is 0 Å². The Balaban J connectivity index is 1.39. The second-order valence-corrected chi connectivity index (χ2v) is 8.09. The number of benzene rings is 1.